The SMILES string of the molecule is COc1ccc(CNC2CC2)cc1CSc1ccncn1. The maximum Gasteiger partial charge on any atom is 0.122 e. The Morgan fingerprint density at radius 1 is 1.33 bits per heavy atom. The van der Waals surface area contributed by atoms with Crippen LogP contribution in [0.25, 0.3) is 0 Å². The fourth-order valence-electron chi connectivity index (χ4n) is 2.12. The van der Waals surface area contributed by atoms with E-state index in [1.54, 1.807) is 31.4 Å². The highest BCUT2D eigenvalue weighted by molar-refractivity contribution is 7.98. The molecule has 0 unspecified atom stereocenters. The number of nitrogens with one attached hydrogen (secondary N) is 1. The van der Waals surface area contributed by atoms with Gasteiger partial charge in [-0.05, 0) is 36.6 Å². The Morgan fingerprint density at radius 2 is 2.24 bits per heavy atom. The van der Waals surface area contributed by atoms with Crippen molar-refractivity contribution in [2.75, 3.05) is 7.11 Å². The summed E-state index contributed by atoms with van der Waals surface area (Å²) in [5, 5.41) is 4.52. The second-order valence-electron chi connectivity index (χ2n) is 5.14. The highest BCUT2D eigenvalue weighted by Crippen LogP contribution is 2.28. The molecule has 1 aliphatic rings. The molecule has 1 heterocycles. The number of thioether (sulfide) groups is 1. The molecular weight excluding hydrogens is 282 g/mol. The summed E-state index contributed by atoms with van der Waals surface area (Å²) < 4.78 is 5.46. The highest BCUT2D eigenvalue weighted by atomic mass is 32.2. The third-order valence-electron chi connectivity index (χ3n) is 3.45. The van der Waals surface area contributed by atoms with Gasteiger partial charge in [0.05, 0.1) is 12.1 Å². The summed E-state index contributed by atoms with van der Waals surface area (Å²) in [6.45, 7) is 0.930. The summed E-state index contributed by atoms with van der Waals surface area (Å²) in [6.07, 6.45) is 5.97. The van der Waals surface area contributed by atoms with Crippen LogP contribution < -0.4 is 10.1 Å². The summed E-state index contributed by atoms with van der Waals surface area (Å²) in [5.41, 5.74) is 2.51. The molecule has 1 aromatic heterocycles. The molecule has 110 valence electrons. The largest absolute Gasteiger partial charge is 0.496 e. The van der Waals surface area contributed by atoms with Gasteiger partial charge in [0.15, 0.2) is 0 Å². The van der Waals surface area contributed by atoms with E-state index in [-0.39, 0.29) is 0 Å². The number of aromatic nitrogens is 2. The number of nitrogens with zero attached hydrogens (tertiary/aromatic N) is 2. The fraction of sp³-hybridized carbons (Fsp3) is 0.375. The summed E-state index contributed by atoms with van der Waals surface area (Å²) >= 11 is 1.70. The second-order valence-corrected chi connectivity index (χ2v) is 6.13. The quantitative estimate of drug-likeness (QED) is 0.629. The van der Waals surface area contributed by atoms with Crippen molar-refractivity contribution in [2.45, 2.75) is 36.2 Å². The standard InChI is InChI=1S/C16H19N3OS/c1-20-15-5-2-12(9-18-14-3-4-14)8-13(15)10-21-16-6-7-17-11-19-16/h2,5-8,11,14,18H,3-4,9-10H2,1H3. The zero-order chi connectivity index (χ0) is 14.5. The minimum atomic E-state index is 0.728. The number of rotatable bonds is 7. The lowest BCUT2D eigenvalue weighted by molar-refractivity contribution is 0.411. The minimum absolute atomic E-state index is 0.728. The van der Waals surface area contributed by atoms with Crippen molar-refractivity contribution in [3.8, 4) is 5.75 Å². The van der Waals surface area contributed by atoms with E-state index < -0.39 is 0 Å². The summed E-state index contributed by atoms with van der Waals surface area (Å²) in [6, 6.07) is 9.07. The number of hydrogen-bond donors (Lipinski definition) is 1. The van der Waals surface area contributed by atoms with Gasteiger partial charge in [-0.15, -0.1) is 11.8 Å². The van der Waals surface area contributed by atoms with Crippen LogP contribution in [0.1, 0.15) is 24.0 Å². The predicted molar refractivity (Wildman–Crippen MR) is 84.4 cm³/mol. The lowest BCUT2D eigenvalue weighted by Gasteiger charge is -2.11. The molecule has 2 aromatic rings. The molecular formula is C16H19N3OS. The molecule has 1 fully saturated rings. The van der Waals surface area contributed by atoms with Gasteiger partial charge in [-0.1, -0.05) is 6.07 Å². The number of methoxy groups -OCH3 is 1. The fourth-order valence-corrected chi connectivity index (χ4v) is 2.93. The van der Waals surface area contributed by atoms with Crippen molar-refractivity contribution < 1.29 is 4.74 Å². The number of benzene rings is 1. The van der Waals surface area contributed by atoms with Crippen LogP contribution in [0, 0.1) is 0 Å². The molecule has 0 spiro atoms. The van der Waals surface area contributed by atoms with Crippen molar-refractivity contribution in [2.24, 2.45) is 0 Å². The van der Waals surface area contributed by atoms with Crippen LogP contribution in [0.3, 0.4) is 0 Å². The van der Waals surface area contributed by atoms with Crippen LogP contribution in [0.15, 0.2) is 41.8 Å². The Labute approximate surface area is 129 Å². The van der Waals surface area contributed by atoms with Crippen LogP contribution >= 0.6 is 11.8 Å². The van der Waals surface area contributed by atoms with Gasteiger partial charge < -0.3 is 10.1 Å². The Morgan fingerprint density at radius 3 is 2.95 bits per heavy atom. The van der Waals surface area contributed by atoms with Gasteiger partial charge in [0.2, 0.25) is 0 Å². The van der Waals surface area contributed by atoms with Crippen molar-refractivity contribution in [1.29, 1.82) is 0 Å². The Balaban J connectivity index is 1.67. The Bertz CT molecular complexity index is 587. The first kappa shape index (κ1) is 14.4. The van der Waals surface area contributed by atoms with Gasteiger partial charge >= 0.3 is 0 Å². The maximum absolute atomic E-state index is 5.46. The third kappa shape index (κ3) is 4.19. The van der Waals surface area contributed by atoms with Crippen LogP contribution in [-0.4, -0.2) is 23.1 Å². The van der Waals surface area contributed by atoms with Crippen LogP contribution in [0.2, 0.25) is 0 Å². The van der Waals surface area contributed by atoms with Crippen molar-refractivity contribution in [1.82, 2.24) is 15.3 Å². The molecule has 3 rings (SSSR count). The van der Waals surface area contributed by atoms with Gasteiger partial charge in [-0.2, -0.15) is 0 Å². The third-order valence-corrected chi connectivity index (χ3v) is 4.44. The summed E-state index contributed by atoms with van der Waals surface area (Å²) in [4.78, 5) is 8.18. The topological polar surface area (TPSA) is 47.0 Å². The molecule has 0 radical (unpaired) electrons. The molecule has 0 saturated heterocycles. The van der Waals surface area contributed by atoms with E-state index in [1.165, 1.54) is 24.0 Å². The molecule has 1 N–H and O–H groups in total. The van der Waals surface area contributed by atoms with Crippen molar-refractivity contribution in [3.05, 3.63) is 47.9 Å². The van der Waals surface area contributed by atoms with E-state index in [4.69, 9.17) is 4.74 Å². The first-order valence-corrected chi connectivity index (χ1v) is 8.11. The number of hydrogen-bond acceptors (Lipinski definition) is 5. The molecule has 0 bridgehead atoms. The second kappa shape index (κ2) is 6.91. The van der Waals surface area contributed by atoms with E-state index in [9.17, 15) is 0 Å². The minimum Gasteiger partial charge on any atom is -0.496 e. The lowest BCUT2D eigenvalue weighted by Crippen LogP contribution is -2.15. The molecule has 4 nitrogen and oxygen atoms in total. The molecule has 0 aliphatic heterocycles. The molecule has 5 heteroatoms. The molecule has 0 amide bonds. The predicted octanol–water partition coefficient (Wildman–Crippen LogP) is 3.03. The maximum atomic E-state index is 5.46. The summed E-state index contributed by atoms with van der Waals surface area (Å²) in [7, 11) is 1.72. The van der Waals surface area contributed by atoms with Gasteiger partial charge in [-0.25, -0.2) is 9.97 Å². The average molecular weight is 301 g/mol. The molecule has 1 aliphatic carbocycles. The van der Waals surface area contributed by atoms with Crippen LogP contribution in [-0.2, 0) is 12.3 Å². The van der Waals surface area contributed by atoms with E-state index >= 15 is 0 Å². The Hall–Kier alpha value is -1.59. The average Bonchev–Trinajstić information content (AvgIpc) is 3.36. The Kier molecular flexibility index (Phi) is 4.72. The normalized spacial score (nSPS) is 14.1. The molecule has 1 aromatic carbocycles. The highest BCUT2D eigenvalue weighted by Gasteiger charge is 2.20. The van der Waals surface area contributed by atoms with E-state index in [2.05, 4.69) is 33.5 Å². The lowest BCUT2D eigenvalue weighted by atomic mass is 10.1. The zero-order valence-electron chi connectivity index (χ0n) is 12.1. The van der Waals surface area contributed by atoms with Gasteiger partial charge in [-0.3, -0.25) is 0 Å². The van der Waals surface area contributed by atoms with E-state index in [1.807, 2.05) is 6.07 Å². The van der Waals surface area contributed by atoms with Crippen molar-refractivity contribution >= 4 is 11.8 Å². The van der Waals surface area contributed by atoms with Gasteiger partial charge in [0.1, 0.15) is 12.1 Å². The first-order valence-electron chi connectivity index (χ1n) is 7.13. The first-order chi connectivity index (χ1) is 10.3. The van der Waals surface area contributed by atoms with Crippen molar-refractivity contribution in [3.63, 3.8) is 0 Å². The number of ether oxygens (including phenoxy) is 1. The summed E-state index contributed by atoms with van der Waals surface area (Å²) in [5.74, 6) is 1.78. The molecule has 1 saturated carbocycles. The molecule has 21 heavy (non-hydrogen) atoms. The van der Waals surface area contributed by atoms with E-state index in [0.717, 1.165) is 29.1 Å². The van der Waals surface area contributed by atoms with Crippen LogP contribution in [0.4, 0.5) is 0 Å². The van der Waals surface area contributed by atoms with Crippen LogP contribution in [0.5, 0.6) is 5.75 Å². The monoisotopic (exact) mass is 301 g/mol. The zero-order valence-corrected chi connectivity index (χ0v) is 12.9. The molecule has 0 atom stereocenters. The van der Waals surface area contributed by atoms with Gasteiger partial charge in [0.25, 0.3) is 0 Å². The van der Waals surface area contributed by atoms with Gasteiger partial charge in [0, 0.05) is 30.1 Å². The smallest absolute Gasteiger partial charge is 0.122 e. The van der Waals surface area contributed by atoms with E-state index in [0.29, 0.717) is 0 Å².